The predicted octanol–water partition coefficient (Wildman–Crippen LogP) is 3.65. The van der Waals surface area contributed by atoms with Crippen LogP contribution in [0.15, 0.2) is 36.5 Å². The van der Waals surface area contributed by atoms with Crippen LogP contribution in [0.1, 0.15) is 49.0 Å². The van der Waals surface area contributed by atoms with E-state index >= 15 is 0 Å². The number of halogens is 3. The second kappa shape index (κ2) is 10.8. The van der Waals surface area contributed by atoms with Crippen LogP contribution in [0.25, 0.3) is 0 Å². The van der Waals surface area contributed by atoms with Crippen molar-refractivity contribution < 1.29 is 27.9 Å². The van der Waals surface area contributed by atoms with Gasteiger partial charge in [0.25, 0.3) is 0 Å². The number of benzene rings is 1. The Labute approximate surface area is 190 Å². The van der Waals surface area contributed by atoms with Crippen LogP contribution >= 0.6 is 0 Å². The number of alkyl halides is 3. The van der Waals surface area contributed by atoms with Crippen molar-refractivity contribution >= 4 is 11.9 Å². The number of nitrogens with zero attached hydrogens (tertiary/aromatic N) is 4. The Morgan fingerprint density at radius 1 is 1.18 bits per heavy atom. The van der Waals surface area contributed by atoms with Gasteiger partial charge < -0.3 is 10.0 Å². The maximum atomic E-state index is 11.9. The van der Waals surface area contributed by atoms with E-state index in [1.807, 2.05) is 11.1 Å². The van der Waals surface area contributed by atoms with E-state index in [0.717, 1.165) is 58.4 Å². The highest BCUT2D eigenvalue weighted by molar-refractivity contribution is 5.78. The molecular formula is C23H29F3N4O3. The van der Waals surface area contributed by atoms with Gasteiger partial charge in [-0.15, -0.1) is 0 Å². The molecule has 180 valence electrons. The molecule has 2 aliphatic rings. The summed E-state index contributed by atoms with van der Waals surface area (Å²) in [7, 11) is 0. The number of rotatable bonds is 6. The second-order valence-corrected chi connectivity index (χ2v) is 8.34. The van der Waals surface area contributed by atoms with Crippen molar-refractivity contribution in [2.75, 3.05) is 19.6 Å². The zero-order chi connectivity index (χ0) is 24.0. The predicted molar refractivity (Wildman–Crippen MR) is 115 cm³/mol. The lowest BCUT2D eigenvalue weighted by molar-refractivity contribution is -0.192. The van der Waals surface area contributed by atoms with Gasteiger partial charge in [0.05, 0.1) is 11.7 Å². The number of hydrogen-bond acceptors (Lipinski definition) is 4. The standard InChI is InChI=1S/C21H28N4O.C2HF3O2/c1-2-17-5-7-18(8-6-17)14-23-15-19-9-11-22-25(19)20(16-23)10-13-24-12-3-4-21(24)26;3-2(4,5)1(6)7/h5-9,11,20H,2-4,10,12-16H2,1H3;(H,6,7). The molecule has 7 nitrogen and oxygen atoms in total. The monoisotopic (exact) mass is 466 g/mol. The molecule has 2 aromatic rings. The topological polar surface area (TPSA) is 78.7 Å². The summed E-state index contributed by atoms with van der Waals surface area (Å²) < 4.78 is 33.9. The Balaban J connectivity index is 0.000000383. The minimum absolute atomic E-state index is 0.314. The van der Waals surface area contributed by atoms with Gasteiger partial charge in [-0.25, -0.2) is 4.79 Å². The molecule has 0 radical (unpaired) electrons. The molecule has 0 bridgehead atoms. The van der Waals surface area contributed by atoms with Crippen LogP contribution in [0.4, 0.5) is 13.2 Å². The largest absolute Gasteiger partial charge is 0.490 e. The number of aryl methyl sites for hydroxylation is 1. The van der Waals surface area contributed by atoms with Crippen molar-refractivity contribution in [1.29, 1.82) is 0 Å². The molecule has 1 fully saturated rings. The second-order valence-electron chi connectivity index (χ2n) is 8.34. The van der Waals surface area contributed by atoms with Crippen molar-refractivity contribution in [3.05, 3.63) is 53.3 Å². The summed E-state index contributed by atoms with van der Waals surface area (Å²) in [6.45, 7) is 6.86. The fourth-order valence-corrected chi connectivity index (χ4v) is 4.18. The summed E-state index contributed by atoms with van der Waals surface area (Å²) in [4.78, 5) is 25.3. The number of fused-ring (bicyclic) bond motifs is 1. The molecule has 3 heterocycles. The summed E-state index contributed by atoms with van der Waals surface area (Å²) >= 11 is 0. The van der Waals surface area contributed by atoms with Crippen molar-refractivity contribution in [2.45, 2.75) is 57.9 Å². The number of carboxylic acids is 1. The van der Waals surface area contributed by atoms with E-state index in [0.29, 0.717) is 11.9 Å². The fourth-order valence-electron chi connectivity index (χ4n) is 4.18. The minimum atomic E-state index is -5.08. The van der Waals surface area contributed by atoms with Gasteiger partial charge in [-0.3, -0.25) is 14.4 Å². The Morgan fingerprint density at radius 2 is 1.85 bits per heavy atom. The van der Waals surface area contributed by atoms with Gasteiger partial charge in [-0.2, -0.15) is 18.3 Å². The molecule has 2 aliphatic heterocycles. The van der Waals surface area contributed by atoms with E-state index in [9.17, 15) is 18.0 Å². The molecule has 0 saturated carbocycles. The Morgan fingerprint density at radius 3 is 2.42 bits per heavy atom. The smallest absolute Gasteiger partial charge is 0.475 e. The highest BCUT2D eigenvalue weighted by Gasteiger charge is 2.38. The molecule has 1 N–H and O–H groups in total. The summed E-state index contributed by atoms with van der Waals surface area (Å²) in [6, 6.07) is 11.4. The van der Waals surface area contributed by atoms with Crippen LogP contribution < -0.4 is 0 Å². The zero-order valence-corrected chi connectivity index (χ0v) is 18.6. The van der Waals surface area contributed by atoms with Crippen LogP contribution in [-0.4, -0.2) is 62.4 Å². The first-order valence-corrected chi connectivity index (χ1v) is 11.1. The van der Waals surface area contributed by atoms with Crippen LogP contribution in [0.3, 0.4) is 0 Å². The first-order valence-electron chi connectivity index (χ1n) is 11.1. The number of hydrogen-bond donors (Lipinski definition) is 1. The third kappa shape index (κ3) is 6.80. The minimum Gasteiger partial charge on any atom is -0.475 e. The molecule has 10 heteroatoms. The Kier molecular flexibility index (Phi) is 8.12. The number of carboxylic acid groups (broad SMARTS) is 1. The van der Waals surface area contributed by atoms with Crippen LogP contribution in [-0.2, 0) is 29.1 Å². The van der Waals surface area contributed by atoms with Crippen molar-refractivity contribution in [3.8, 4) is 0 Å². The zero-order valence-electron chi connectivity index (χ0n) is 18.6. The lowest BCUT2D eigenvalue weighted by atomic mass is 10.1. The molecule has 0 aliphatic carbocycles. The van der Waals surface area contributed by atoms with E-state index in [1.165, 1.54) is 16.8 Å². The van der Waals surface area contributed by atoms with Gasteiger partial charge in [0, 0.05) is 45.3 Å². The lowest BCUT2D eigenvalue weighted by Crippen LogP contribution is -2.39. The number of carbonyl (C=O) groups excluding carboxylic acids is 1. The number of likely N-dealkylation sites (tertiary alicyclic amines) is 1. The fraction of sp³-hybridized carbons (Fsp3) is 0.522. The van der Waals surface area contributed by atoms with Crippen LogP contribution in [0, 0.1) is 0 Å². The number of aromatic nitrogens is 2. The Hall–Kier alpha value is -2.88. The summed E-state index contributed by atoms with van der Waals surface area (Å²) in [5.74, 6) is -2.44. The van der Waals surface area contributed by atoms with E-state index in [4.69, 9.17) is 9.90 Å². The molecule has 1 saturated heterocycles. The van der Waals surface area contributed by atoms with Crippen LogP contribution in [0.2, 0.25) is 0 Å². The molecule has 1 unspecified atom stereocenters. The van der Waals surface area contributed by atoms with Gasteiger partial charge in [-0.1, -0.05) is 31.2 Å². The molecule has 1 amide bonds. The van der Waals surface area contributed by atoms with Crippen molar-refractivity contribution in [1.82, 2.24) is 19.6 Å². The molecule has 0 spiro atoms. The average molecular weight is 467 g/mol. The first kappa shape index (κ1) is 24.8. The third-order valence-corrected chi connectivity index (χ3v) is 5.94. The first-order chi connectivity index (χ1) is 15.7. The number of carbonyl (C=O) groups is 2. The van der Waals surface area contributed by atoms with E-state index < -0.39 is 12.1 Å². The quantitative estimate of drug-likeness (QED) is 0.703. The van der Waals surface area contributed by atoms with E-state index in [1.54, 1.807) is 0 Å². The van der Waals surface area contributed by atoms with Gasteiger partial charge in [0.15, 0.2) is 0 Å². The van der Waals surface area contributed by atoms with E-state index in [-0.39, 0.29) is 0 Å². The molecule has 4 rings (SSSR count). The van der Waals surface area contributed by atoms with Crippen molar-refractivity contribution in [2.24, 2.45) is 0 Å². The number of amides is 1. The van der Waals surface area contributed by atoms with Crippen LogP contribution in [0.5, 0.6) is 0 Å². The average Bonchev–Trinajstić information content (AvgIpc) is 3.41. The van der Waals surface area contributed by atoms with Crippen molar-refractivity contribution in [3.63, 3.8) is 0 Å². The van der Waals surface area contributed by atoms with Gasteiger partial charge in [-0.05, 0) is 36.5 Å². The number of aliphatic carboxylic acids is 1. The van der Waals surface area contributed by atoms with Gasteiger partial charge >= 0.3 is 12.1 Å². The highest BCUT2D eigenvalue weighted by Crippen LogP contribution is 2.25. The summed E-state index contributed by atoms with van der Waals surface area (Å²) in [5, 5.41) is 11.7. The molecule has 1 aromatic carbocycles. The van der Waals surface area contributed by atoms with Gasteiger partial charge in [0.2, 0.25) is 5.91 Å². The van der Waals surface area contributed by atoms with E-state index in [2.05, 4.69) is 51.9 Å². The Bertz CT molecular complexity index is 943. The summed E-state index contributed by atoms with van der Waals surface area (Å²) in [6.07, 6.45) is 0.614. The molecule has 33 heavy (non-hydrogen) atoms. The maximum absolute atomic E-state index is 11.9. The highest BCUT2D eigenvalue weighted by atomic mass is 19.4. The summed E-state index contributed by atoms with van der Waals surface area (Å²) in [5.41, 5.74) is 4.03. The molecule has 1 atom stereocenters. The lowest BCUT2D eigenvalue weighted by Gasteiger charge is -2.34. The molecule has 1 aromatic heterocycles. The molecular weight excluding hydrogens is 437 g/mol. The maximum Gasteiger partial charge on any atom is 0.490 e. The normalized spacial score (nSPS) is 18.6. The SMILES string of the molecule is CCc1ccc(CN2Cc3ccnn3C(CCN3CCCC3=O)C2)cc1.O=C(O)C(F)(F)F. The van der Waals surface area contributed by atoms with Gasteiger partial charge in [0.1, 0.15) is 0 Å². The third-order valence-electron chi connectivity index (χ3n) is 5.94.